The number of amides is 1. The summed E-state index contributed by atoms with van der Waals surface area (Å²) >= 11 is 4.43. The zero-order valence-corrected chi connectivity index (χ0v) is 14.0. The number of nitrogens with one attached hydrogen (secondary N) is 1. The Balaban J connectivity index is 2.11. The summed E-state index contributed by atoms with van der Waals surface area (Å²) in [6.45, 7) is 3.30. The predicted molar refractivity (Wildman–Crippen MR) is 84.7 cm³/mol. The summed E-state index contributed by atoms with van der Waals surface area (Å²) in [5.41, 5.74) is 1.69. The largest absolute Gasteiger partial charge is 0.346 e. The van der Waals surface area contributed by atoms with Crippen molar-refractivity contribution in [1.82, 2.24) is 19.5 Å². The van der Waals surface area contributed by atoms with Gasteiger partial charge >= 0.3 is 0 Å². The Morgan fingerprint density at radius 3 is 2.90 bits per heavy atom. The van der Waals surface area contributed by atoms with Gasteiger partial charge in [-0.05, 0) is 37.0 Å². The van der Waals surface area contributed by atoms with Crippen molar-refractivity contribution in [2.45, 2.75) is 29.2 Å². The van der Waals surface area contributed by atoms with Crippen molar-refractivity contribution in [3.8, 4) is 0 Å². The fraction of sp³-hybridized carbons (Fsp3) is 0.417. The number of carbonyl (C=O) groups is 1. The lowest BCUT2D eigenvalue weighted by atomic mass is 10.3. The minimum absolute atomic E-state index is 0.0729. The van der Waals surface area contributed by atoms with E-state index in [9.17, 15) is 4.79 Å². The first-order valence-electron chi connectivity index (χ1n) is 6.07. The van der Waals surface area contributed by atoms with E-state index in [1.165, 1.54) is 23.3 Å². The Morgan fingerprint density at radius 1 is 1.45 bits per heavy atom. The minimum Gasteiger partial charge on any atom is -0.346 e. The lowest BCUT2D eigenvalue weighted by molar-refractivity contribution is 0.0944. The maximum atomic E-state index is 12.4. The molecule has 1 N–H and O–H groups in total. The second kappa shape index (κ2) is 7.14. The van der Waals surface area contributed by atoms with E-state index < -0.39 is 0 Å². The van der Waals surface area contributed by atoms with Crippen molar-refractivity contribution < 1.29 is 4.79 Å². The molecule has 0 unspecified atom stereocenters. The first-order valence-corrected chi connectivity index (χ1v) is 9.30. The smallest absolute Gasteiger partial charge is 0.256 e. The highest BCUT2D eigenvalue weighted by Crippen LogP contribution is 2.32. The highest BCUT2D eigenvalue weighted by Gasteiger charge is 2.20. The van der Waals surface area contributed by atoms with Gasteiger partial charge in [-0.15, -0.1) is 23.5 Å². The van der Waals surface area contributed by atoms with Crippen molar-refractivity contribution in [3.05, 3.63) is 23.5 Å². The highest BCUT2D eigenvalue weighted by molar-refractivity contribution is 8.01. The van der Waals surface area contributed by atoms with Crippen molar-refractivity contribution in [3.63, 3.8) is 0 Å². The van der Waals surface area contributed by atoms with E-state index >= 15 is 0 Å². The van der Waals surface area contributed by atoms with Gasteiger partial charge in [-0.1, -0.05) is 0 Å². The Hall–Kier alpha value is -0.990. The SMILES string of the molecule is CCn1nccc1CNC(=O)c1c(SC)nsc1SC. The Bertz CT molecular complexity index is 572. The van der Waals surface area contributed by atoms with Crippen molar-refractivity contribution in [2.75, 3.05) is 12.5 Å². The van der Waals surface area contributed by atoms with Crippen molar-refractivity contribution in [1.29, 1.82) is 0 Å². The number of nitrogens with zero attached hydrogens (tertiary/aromatic N) is 3. The minimum atomic E-state index is -0.0729. The van der Waals surface area contributed by atoms with Crippen LogP contribution in [0.15, 0.2) is 21.5 Å². The van der Waals surface area contributed by atoms with Crippen LogP contribution in [0.4, 0.5) is 0 Å². The second-order valence-electron chi connectivity index (χ2n) is 3.88. The third kappa shape index (κ3) is 3.18. The van der Waals surface area contributed by atoms with E-state index in [2.05, 4.69) is 14.8 Å². The van der Waals surface area contributed by atoms with Crippen molar-refractivity contribution in [2.24, 2.45) is 0 Å². The molecule has 0 aliphatic rings. The molecule has 0 saturated carbocycles. The molecular weight excluding hydrogens is 312 g/mol. The molecule has 8 heteroatoms. The summed E-state index contributed by atoms with van der Waals surface area (Å²) in [6, 6.07) is 1.92. The summed E-state index contributed by atoms with van der Waals surface area (Å²) in [4.78, 5) is 12.4. The number of hydrogen-bond acceptors (Lipinski definition) is 6. The van der Waals surface area contributed by atoms with E-state index in [0.29, 0.717) is 12.1 Å². The zero-order chi connectivity index (χ0) is 14.5. The lowest BCUT2D eigenvalue weighted by Crippen LogP contribution is -2.25. The van der Waals surface area contributed by atoms with Gasteiger partial charge in [-0.3, -0.25) is 9.48 Å². The third-order valence-corrected chi connectivity index (χ3v) is 5.51. The topological polar surface area (TPSA) is 59.8 Å². The maximum Gasteiger partial charge on any atom is 0.256 e. The molecular formula is C12H16N4OS3. The molecule has 108 valence electrons. The molecule has 20 heavy (non-hydrogen) atoms. The quantitative estimate of drug-likeness (QED) is 0.826. The van der Waals surface area contributed by atoms with E-state index in [1.54, 1.807) is 18.0 Å². The van der Waals surface area contributed by atoms with Crippen LogP contribution in [-0.2, 0) is 13.1 Å². The molecule has 0 atom stereocenters. The highest BCUT2D eigenvalue weighted by atomic mass is 32.2. The van der Waals surface area contributed by atoms with Crippen LogP contribution in [0.2, 0.25) is 0 Å². The number of aryl methyl sites for hydroxylation is 1. The van der Waals surface area contributed by atoms with Crippen LogP contribution >= 0.6 is 35.1 Å². The van der Waals surface area contributed by atoms with Crippen LogP contribution in [0.25, 0.3) is 0 Å². The average Bonchev–Trinajstić information content (AvgIpc) is 3.09. The molecule has 5 nitrogen and oxygen atoms in total. The Kier molecular flexibility index (Phi) is 5.50. The fourth-order valence-electron chi connectivity index (χ4n) is 1.78. The zero-order valence-electron chi connectivity index (χ0n) is 11.5. The van der Waals surface area contributed by atoms with Gasteiger partial charge in [0.2, 0.25) is 0 Å². The maximum absolute atomic E-state index is 12.4. The first-order chi connectivity index (χ1) is 9.71. The number of hydrogen-bond donors (Lipinski definition) is 1. The van der Waals surface area contributed by atoms with Crippen LogP contribution in [0.5, 0.6) is 0 Å². The predicted octanol–water partition coefficient (Wildman–Crippen LogP) is 2.73. The van der Waals surface area contributed by atoms with Crippen LogP contribution < -0.4 is 5.32 Å². The Labute approximate surface area is 130 Å². The van der Waals surface area contributed by atoms with Crippen LogP contribution in [-0.4, -0.2) is 32.6 Å². The molecule has 1 amide bonds. The summed E-state index contributed by atoms with van der Waals surface area (Å²) in [6.07, 6.45) is 5.64. The summed E-state index contributed by atoms with van der Waals surface area (Å²) in [5, 5.41) is 7.93. The third-order valence-electron chi connectivity index (χ3n) is 2.77. The molecule has 2 rings (SSSR count). The normalized spacial score (nSPS) is 10.8. The number of thioether (sulfide) groups is 2. The van der Waals surface area contributed by atoms with Gasteiger partial charge in [-0.25, -0.2) is 0 Å². The van der Waals surface area contributed by atoms with Crippen LogP contribution in [0.3, 0.4) is 0 Å². The van der Waals surface area contributed by atoms with Crippen molar-refractivity contribution >= 4 is 41.0 Å². The first kappa shape index (κ1) is 15.4. The molecule has 2 aromatic heterocycles. The number of carbonyl (C=O) groups excluding carboxylic acids is 1. The van der Waals surface area contributed by atoms with E-state index in [4.69, 9.17) is 0 Å². The molecule has 0 aromatic carbocycles. The van der Waals surface area contributed by atoms with Gasteiger partial charge in [-0.2, -0.15) is 9.47 Å². The average molecular weight is 328 g/mol. The molecule has 0 aliphatic heterocycles. The van der Waals surface area contributed by atoms with Gasteiger partial charge < -0.3 is 5.32 Å². The van der Waals surface area contributed by atoms with Crippen LogP contribution in [0, 0.1) is 0 Å². The molecule has 0 fully saturated rings. The molecule has 2 aromatic rings. The molecule has 0 bridgehead atoms. The summed E-state index contributed by atoms with van der Waals surface area (Å²) in [5.74, 6) is -0.0729. The van der Waals surface area contributed by atoms with E-state index in [0.717, 1.165) is 21.5 Å². The molecule has 0 radical (unpaired) electrons. The molecule has 0 spiro atoms. The van der Waals surface area contributed by atoms with Gasteiger partial charge in [0.15, 0.2) is 0 Å². The monoisotopic (exact) mass is 328 g/mol. The molecule has 0 aliphatic carbocycles. The van der Waals surface area contributed by atoms with Crippen LogP contribution in [0.1, 0.15) is 23.0 Å². The number of rotatable bonds is 6. The number of aromatic nitrogens is 3. The van der Waals surface area contributed by atoms with Gasteiger partial charge in [0, 0.05) is 12.7 Å². The fourth-order valence-corrected chi connectivity index (χ4v) is 4.06. The van der Waals surface area contributed by atoms with E-state index in [-0.39, 0.29) is 5.91 Å². The Morgan fingerprint density at radius 2 is 2.25 bits per heavy atom. The van der Waals surface area contributed by atoms with E-state index in [1.807, 2.05) is 30.2 Å². The van der Waals surface area contributed by atoms with Gasteiger partial charge in [0.25, 0.3) is 5.91 Å². The standard InChI is InChI=1S/C12H16N4OS3/c1-4-16-8(5-6-14-16)7-13-10(17)9-11(18-2)15-20-12(9)19-3/h5-6H,4,7H2,1-3H3,(H,13,17). The summed E-state index contributed by atoms with van der Waals surface area (Å²) in [7, 11) is 0. The van der Waals surface area contributed by atoms with Gasteiger partial charge in [0.05, 0.1) is 22.0 Å². The second-order valence-corrected chi connectivity index (χ2v) is 6.52. The van der Waals surface area contributed by atoms with Gasteiger partial charge in [0.1, 0.15) is 5.03 Å². The summed E-state index contributed by atoms with van der Waals surface area (Å²) < 4.78 is 7.14. The molecule has 2 heterocycles. The molecule has 0 saturated heterocycles. The lowest BCUT2D eigenvalue weighted by Gasteiger charge is -2.07.